The highest BCUT2D eigenvalue weighted by Gasteiger charge is 2.24. The Morgan fingerprint density at radius 3 is 2.83 bits per heavy atom. The number of hydrogen-bond donors (Lipinski definition) is 0. The molecule has 1 aromatic carbocycles. The Balaban J connectivity index is 1.50. The molecule has 5 heteroatoms. The van der Waals surface area contributed by atoms with Gasteiger partial charge in [-0.2, -0.15) is 0 Å². The molecule has 3 rings (SSSR count). The summed E-state index contributed by atoms with van der Waals surface area (Å²) in [4.78, 5) is 18.6. The van der Waals surface area contributed by atoms with E-state index in [0.29, 0.717) is 11.7 Å². The minimum atomic E-state index is -0.318. The number of carbonyl (C=O) groups is 1. The van der Waals surface area contributed by atoms with E-state index in [1.165, 1.54) is 24.3 Å². The number of aromatic nitrogens is 1. The van der Waals surface area contributed by atoms with Crippen LogP contribution in [0.25, 0.3) is 0 Å². The summed E-state index contributed by atoms with van der Waals surface area (Å²) in [6, 6.07) is 11.6. The Bertz CT molecular complexity index is 661. The van der Waals surface area contributed by atoms with E-state index in [9.17, 15) is 9.18 Å². The van der Waals surface area contributed by atoms with Crippen molar-refractivity contribution < 1.29 is 13.9 Å². The Hall–Kier alpha value is -2.43. The summed E-state index contributed by atoms with van der Waals surface area (Å²) in [7, 11) is 0. The zero-order valence-electron chi connectivity index (χ0n) is 13.5. The van der Waals surface area contributed by atoms with Gasteiger partial charge in [-0.3, -0.25) is 9.78 Å². The molecule has 1 amide bonds. The quantitative estimate of drug-likeness (QED) is 0.847. The van der Waals surface area contributed by atoms with Gasteiger partial charge < -0.3 is 9.64 Å². The van der Waals surface area contributed by atoms with Gasteiger partial charge in [-0.1, -0.05) is 6.07 Å². The molecule has 4 nitrogen and oxygen atoms in total. The van der Waals surface area contributed by atoms with Crippen LogP contribution in [0.4, 0.5) is 4.39 Å². The van der Waals surface area contributed by atoms with Gasteiger partial charge in [0.2, 0.25) is 0 Å². The Morgan fingerprint density at radius 2 is 2.08 bits per heavy atom. The van der Waals surface area contributed by atoms with Crippen molar-refractivity contribution in [3.8, 4) is 5.75 Å². The maximum atomic E-state index is 12.9. The van der Waals surface area contributed by atoms with Gasteiger partial charge in [-0.15, -0.1) is 0 Å². The van der Waals surface area contributed by atoms with Crippen molar-refractivity contribution in [2.45, 2.75) is 19.3 Å². The lowest BCUT2D eigenvalue weighted by molar-refractivity contribution is -0.135. The molecule has 2 heterocycles. The van der Waals surface area contributed by atoms with E-state index in [-0.39, 0.29) is 18.3 Å². The van der Waals surface area contributed by atoms with Crippen LogP contribution in [-0.4, -0.2) is 35.5 Å². The summed E-state index contributed by atoms with van der Waals surface area (Å²) in [6.45, 7) is 1.49. The van der Waals surface area contributed by atoms with Gasteiger partial charge in [0.1, 0.15) is 11.6 Å². The van der Waals surface area contributed by atoms with Crippen LogP contribution in [0, 0.1) is 11.7 Å². The SMILES string of the molecule is O=C(COc1ccc(F)cc1)N1CCC[C@@H](Cc2ccccn2)C1. The Kier molecular flexibility index (Phi) is 5.41. The van der Waals surface area contributed by atoms with Crippen molar-refractivity contribution >= 4 is 5.91 Å². The number of amides is 1. The van der Waals surface area contributed by atoms with Crippen molar-refractivity contribution in [2.75, 3.05) is 19.7 Å². The molecule has 0 saturated carbocycles. The van der Waals surface area contributed by atoms with E-state index in [2.05, 4.69) is 4.98 Å². The number of likely N-dealkylation sites (tertiary alicyclic amines) is 1. The maximum absolute atomic E-state index is 12.9. The van der Waals surface area contributed by atoms with Crippen LogP contribution in [0.15, 0.2) is 48.7 Å². The number of nitrogens with zero attached hydrogens (tertiary/aromatic N) is 2. The lowest BCUT2D eigenvalue weighted by Gasteiger charge is -2.32. The van der Waals surface area contributed by atoms with Gasteiger partial charge in [0, 0.05) is 25.0 Å². The highest BCUT2D eigenvalue weighted by molar-refractivity contribution is 5.77. The van der Waals surface area contributed by atoms with Crippen molar-refractivity contribution in [1.82, 2.24) is 9.88 Å². The predicted molar refractivity (Wildman–Crippen MR) is 89.1 cm³/mol. The molecule has 1 atom stereocenters. The zero-order chi connectivity index (χ0) is 16.8. The molecule has 1 aliphatic heterocycles. The van der Waals surface area contributed by atoms with Gasteiger partial charge in [0.25, 0.3) is 5.91 Å². The summed E-state index contributed by atoms with van der Waals surface area (Å²) in [5, 5.41) is 0. The van der Waals surface area contributed by atoms with E-state index in [4.69, 9.17) is 4.74 Å². The number of piperidine rings is 1. The molecule has 0 unspecified atom stereocenters. The lowest BCUT2D eigenvalue weighted by Crippen LogP contribution is -2.42. The molecule has 24 heavy (non-hydrogen) atoms. The Morgan fingerprint density at radius 1 is 1.25 bits per heavy atom. The predicted octanol–water partition coefficient (Wildman–Crippen LogP) is 3.08. The van der Waals surface area contributed by atoms with Crippen molar-refractivity contribution in [3.05, 3.63) is 60.2 Å². The Labute approximate surface area is 141 Å². The number of halogens is 1. The third-order valence-corrected chi connectivity index (χ3v) is 4.27. The van der Waals surface area contributed by atoms with Crippen LogP contribution in [0.5, 0.6) is 5.75 Å². The normalized spacial score (nSPS) is 17.5. The van der Waals surface area contributed by atoms with Gasteiger partial charge >= 0.3 is 0 Å². The standard InChI is InChI=1S/C19H21FN2O2/c20-16-6-8-18(9-7-16)24-14-19(23)22-11-3-4-15(13-22)12-17-5-1-2-10-21-17/h1-2,5-10,15H,3-4,11-14H2/t15-/m0/s1. The monoisotopic (exact) mass is 328 g/mol. The first-order chi connectivity index (χ1) is 11.7. The average molecular weight is 328 g/mol. The molecule has 0 spiro atoms. The number of carbonyl (C=O) groups excluding carboxylic acids is 1. The fourth-order valence-corrected chi connectivity index (χ4v) is 3.04. The molecule has 0 N–H and O–H groups in total. The zero-order valence-corrected chi connectivity index (χ0v) is 13.5. The number of rotatable bonds is 5. The topological polar surface area (TPSA) is 42.4 Å². The van der Waals surface area contributed by atoms with E-state index in [1.807, 2.05) is 23.1 Å². The van der Waals surface area contributed by atoms with Crippen LogP contribution in [0.2, 0.25) is 0 Å². The molecule has 2 aromatic rings. The first kappa shape index (κ1) is 16.4. The van der Waals surface area contributed by atoms with E-state index < -0.39 is 0 Å². The summed E-state index contributed by atoms with van der Waals surface area (Å²) in [5.41, 5.74) is 1.07. The van der Waals surface area contributed by atoms with Crippen LogP contribution in [-0.2, 0) is 11.2 Å². The number of ether oxygens (including phenoxy) is 1. The smallest absolute Gasteiger partial charge is 0.260 e. The second-order valence-corrected chi connectivity index (χ2v) is 6.12. The van der Waals surface area contributed by atoms with Gasteiger partial charge in [-0.05, 0) is 61.6 Å². The lowest BCUT2D eigenvalue weighted by atomic mass is 9.93. The first-order valence-electron chi connectivity index (χ1n) is 8.27. The largest absolute Gasteiger partial charge is 0.484 e. The molecule has 1 fully saturated rings. The number of hydrogen-bond acceptors (Lipinski definition) is 3. The van der Waals surface area contributed by atoms with Crippen LogP contribution < -0.4 is 4.74 Å². The van der Waals surface area contributed by atoms with Gasteiger partial charge in [0.05, 0.1) is 0 Å². The minimum Gasteiger partial charge on any atom is -0.484 e. The van der Waals surface area contributed by atoms with Crippen molar-refractivity contribution in [1.29, 1.82) is 0 Å². The molecular formula is C19H21FN2O2. The summed E-state index contributed by atoms with van der Waals surface area (Å²) in [5.74, 6) is 0.599. The molecule has 0 bridgehead atoms. The van der Waals surface area contributed by atoms with Crippen molar-refractivity contribution in [3.63, 3.8) is 0 Å². The summed E-state index contributed by atoms with van der Waals surface area (Å²) >= 11 is 0. The maximum Gasteiger partial charge on any atom is 0.260 e. The molecule has 0 radical (unpaired) electrons. The van der Waals surface area contributed by atoms with Gasteiger partial charge in [0.15, 0.2) is 6.61 Å². The highest BCUT2D eigenvalue weighted by atomic mass is 19.1. The third-order valence-electron chi connectivity index (χ3n) is 4.27. The molecule has 126 valence electrons. The number of benzene rings is 1. The van der Waals surface area contributed by atoms with Crippen LogP contribution >= 0.6 is 0 Å². The molecule has 1 saturated heterocycles. The second-order valence-electron chi connectivity index (χ2n) is 6.12. The summed E-state index contributed by atoms with van der Waals surface area (Å²) in [6.07, 6.45) is 4.81. The van der Waals surface area contributed by atoms with Gasteiger partial charge in [-0.25, -0.2) is 4.39 Å². The van der Waals surface area contributed by atoms with E-state index in [0.717, 1.165) is 38.0 Å². The van der Waals surface area contributed by atoms with Crippen molar-refractivity contribution in [2.24, 2.45) is 5.92 Å². The molecule has 0 aliphatic carbocycles. The molecule has 1 aliphatic rings. The van der Waals surface area contributed by atoms with Crippen LogP contribution in [0.1, 0.15) is 18.5 Å². The van der Waals surface area contributed by atoms with Crippen LogP contribution in [0.3, 0.4) is 0 Å². The van der Waals surface area contributed by atoms with E-state index in [1.54, 1.807) is 6.20 Å². The second kappa shape index (κ2) is 7.90. The minimum absolute atomic E-state index is 0.0120. The first-order valence-corrected chi connectivity index (χ1v) is 8.27. The fourth-order valence-electron chi connectivity index (χ4n) is 3.04. The highest BCUT2D eigenvalue weighted by Crippen LogP contribution is 2.20. The van der Waals surface area contributed by atoms with E-state index >= 15 is 0 Å². The average Bonchev–Trinajstić information content (AvgIpc) is 2.62. The molecule has 1 aromatic heterocycles. The fraction of sp³-hybridized carbons (Fsp3) is 0.368. The summed E-state index contributed by atoms with van der Waals surface area (Å²) < 4.78 is 18.3. The molecular weight excluding hydrogens is 307 g/mol. The number of pyridine rings is 1. The third kappa shape index (κ3) is 4.54.